The first kappa shape index (κ1) is 23.8. The normalized spacial score (nSPS) is 12.8. The lowest BCUT2D eigenvalue weighted by molar-refractivity contribution is 0.0913. The van der Waals surface area contributed by atoms with Gasteiger partial charge in [-0.2, -0.15) is 0 Å². The highest BCUT2D eigenvalue weighted by atomic mass is 35.5. The molecule has 1 aliphatic heterocycles. The molecule has 1 aromatic heterocycles. The molecule has 34 heavy (non-hydrogen) atoms. The van der Waals surface area contributed by atoms with E-state index in [1.165, 1.54) is 9.47 Å². The summed E-state index contributed by atoms with van der Waals surface area (Å²) < 4.78 is 7.00. The second-order valence-electron chi connectivity index (χ2n) is 8.06. The molecule has 0 bridgehead atoms. The zero-order valence-corrected chi connectivity index (χ0v) is 19.5. The molecule has 0 saturated carbocycles. The first-order valence-electron chi connectivity index (χ1n) is 11.2. The number of aliphatic hydroxyl groups excluding tert-OH is 1. The van der Waals surface area contributed by atoms with Crippen molar-refractivity contribution in [1.82, 2.24) is 14.5 Å². The molecule has 1 aliphatic rings. The molecule has 0 aliphatic carbocycles. The second-order valence-corrected chi connectivity index (χ2v) is 8.47. The number of halogens is 1. The van der Waals surface area contributed by atoms with Crippen LogP contribution in [0.4, 0.5) is 10.7 Å². The van der Waals surface area contributed by atoms with E-state index in [-0.39, 0.29) is 31.9 Å². The van der Waals surface area contributed by atoms with Gasteiger partial charge in [-0.3, -0.25) is 9.36 Å². The Morgan fingerprint density at radius 1 is 1.15 bits per heavy atom. The molecule has 1 amide bonds. The van der Waals surface area contributed by atoms with Gasteiger partial charge < -0.3 is 20.1 Å². The number of hydrogen-bond acceptors (Lipinski definition) is 6. The van der Waals surface area contributed by atoms with Crippen molar-refractivity contribution in [3.05, 3.63) is 92.4 Å². The highest BCUT2D eigenvalue weighted by Gasteiger charge is 2.27. The molecule has 0 atom stereocenters. The molecular formula is C25H27ClN4O4. The van der Waals surface area contributed by atoms with Crippen molar-refractivity contribution >= 4 is 23.6 Å². The highest BCUT2D eigenvalue weighted by Crippen LogP contribution is 2.21. The predicted molar refractivity (Wildman–Crippen MR) is 130 cm³/mol. The van der Waals surface area contributed by atoms with E-state index in [1.807, 2.05) is 48.5 Å². The molecule has 0 fully saturated rings. The topological polar surface area (TPSA) is 96.7 Å². The number of hydrogen-bond donors (Lipinski definition) is 2. The van der Waals surface area contributed by atoms with Crippen LogP contribution in [0, 0.1) is 0 Å². The number of nitrogens with one attached hydrogen (secondary N) is 1. The fraction of sp³-hybridized carbons (Fsp3) is 0.320. The van der Waals surface area contributed by atoms with Crippen LogP contribution in [0.2, 0.25) is 5.02 Å². The van der Waals surface area contributed by atoms with Crippen LogP contribution in [0.3, 0.4) is 0 Å². The molecule has 0 spiro atoms. The smallest absolute Gasteiger partial charge is 0.410 e. The third-order valence-electron chi connectivity index (χ3n) is 5.68. The number of fused-ring (bicyclic) bond motifs is 1. The van der Waals surface area contributed by atoms with E-state index in [1.54, 1.807) is 6.07 Å². The number of aromatic nitrogens is 2. The van der Waals surface area contributed by atoms with Crippen molar-refractivity contribution in [2.75, 3.05) is 25.0 Å². The zero-order valence-electron chi connectivity index (χ0n) is 18.7. The van der Waals surface area contributed by atoms with E-state index in [2.05, 4.69) is 5.32 Å². The second kappa shape index (κ2) is 11.2. The fourth-order valence-electron chi connectivity index (χ4n) is 3.84. The van der Waals surface area contributed by atoms with E-state index in [0.717, 1.165) is 11.1 Å². The summed E-state index contributed by atoms with van der Waals surface area (Å²) >= 11 is 6.34. The van der Waals surface area contributed by atoms with Crippen molar-refractivity contribution in [1.29, 1.82) is 0 Å². The van der Waals surface area contributed by atoms with Crippen molar-refractivity contribution in [2.24, 2.45) is 0 Å². The molecule has 0 saturated heterocycles. The maximum atomic E-state index is 13.5. The first-order chi connectivity index (χ1) is 16.6. The van der Waals surface area contributed by atoms with Gasteiger partial charge in [-0.15, -0.1) is 0 Å². The minimum absolute atomic E-state index is 0.0345. The molecular weight excluding hydrogens is 456 g/mol. The summed E-state index contributed by atoms with van der Waals surface area (Å²) in [5.74, 6) is 0.428. The molecule has 3 aromatic rings. The van der Waals surface area contributed by atoms with Gasteiger partial charge in [-0.05, 0) is 23.6 Å². The van der Waals surface area contributed by atoms with Gasteiger partial charge in [0.15, 0.2) is 0 Å². The molecule has 2 N–H and O–H groups in total. The van der Waals surface area contributed by atoms with Gasteiger partial charge in [0, 0.05) is 31.1 Å². The van der Waals surface area contributed by atoms with E-state index in [9.17, 15) is 9.59 Å². The van der Waals surface area contributed by atoms with Crippen LogP contribution in [0.25, 0.3) is 0 Å². The third kappa shape index (κ3) is 5.58. The summed E-state index contributed by atoms with van der Waals surface area (Å²) in [6, 6.07) is 16.8. The van der Waals surface area contributed by atoms with Gasteiger partial charge in [0.25, 0.3) is 5.56 Å². The Labute approximate surface area is 202 Å². The molecule has 0 radical (unpaired) electrons. The average Bonchev–Trinajstić information content (AvgIpc) is 2.86. The van der Waals surface area contributed by atoms with Gasteiger partial charge in [-0.1, -0.05) is 60.1 Å². The number of benzene rings is 2. The van der Waals surface area contributed by atoms with Crippen molar-refractivity contribution in [3.8, 4) is 0 Å². The van der Waals surface area contributed by atoms with Crippen LogP contribution in [0.5, 0.6) is 0 Å². The zero-order chi connectivity index (χ0) is 23.9. The number of nitrogens with zero attached hydrogens (tertiary/aromatic N) is 3. The SMILES string of the molecule is O=C(OCc1ccccc1)N1CCc2nc(NCCCO)n(Cc3ccccc3Cl)c(=O)c2C1. The minimum atomic E-state index is -0.461. The number of carbonyl (C=O) groups is 1. The van der Waals surface area contributed by atoms with Crippen molar-refractivity contribution in [2.45, 2.75) is 32.5 Å². The van der Waals surface area contributed by atoms with Crippen LogP contribution < -0.4 is 10.9 Å². The molecule has 9 heteroatoms. The van der Waals surface area contributed by atoms with Gasteiger partial charge in [-0.25, -0.2) is 9.78 Å². The van der Waals surface area contributed by atoms with Crippen molar-refractivity contribution < 1.29 is 14.6 Å². The standard InChI is InChI=1S/C25H27ClN4O4/c26-21-10-5-4-9-19(21)15-30-23(32)20-16-29(25(33)34-17-18-7-2-1-3-8-18)13-11-22(20)28-24(30)27-12-6-14-31/h1-5,7-10,31H,6,11-17H2,(H,27,28). The van der Waals surface area contributed by atoms with Crippen LogP contribution in [-0.4, -0.2) is 45.3 Å². The summed E-state index contributed by atoms with van der Waals surface area (Å²) in [6.07, 6.45) is 0.517. The lowest BCUT2D eigenvalue weighted by Gasteiger charge is -2.28. The summed E-state index contributed by atoms with van der Waals surface area (Å²) in [7, 11) is 0. The maximum absolute atomic E-state index is 13.5. The summed E-state index contributed by atoms with van der Waals surface area (Å²) in [5, 5.41) is 12.8. The van der Waals surface area contributed by atoms with Crippen LogP contribution in [0.1, 0.15) is 28.8 Å². The largest absolute Gasteiger partial charge is 0.445 e. The average molecular weight is 483 g/mol. The van der Waals surface area contributed by atoms with Gasteiger partial charge in [0.05, 0.1) is 24.3 Å². The van der Waals surface area contributed by atoms with Gasteiger partial charge in [0.2, 0.25) is 5.95 Å². The summed E-state index contributed by atoms with van der Waals surface area (Å²) in [5.41, 5.74) is 2.60. The number of carbonyl (C=O) groups excluding carboxylic acids is 1. The quantitative estimate of drug-likeness (QED) is 0.477. The molecule has 4 rings (SSSR count). The lowest BCUT2D eigenvalue weighted by atomic mass is 10.1. The van der Waals surface area contributed by atoms with Crippen LogP contribution in [-0.2, 0) is 30.9 Å². The Morgan fingerprint density at radius 2 is 1.91 bits per heavy atom. The molecule has 0 unspecified atom stereocenters. The Hall–Kier alpha value is -3.36. The molecule has 2 heterocycles. The highest BCUT2D eigenvalue weighted by molar-refractivity contribution is 6.31. The Kier molecular flexibility index (Phi) is 7.82. The van der Waals surface area contributed by atoms with E-state index in [4.69, 9.17) is 26.4 Å². The van der Waals surface area contributed by atoms with Gasteiger partial charge >= 0.3 is 6.09 Å². The fourth-order valence-corrected chi connectivity index (χ4v) is 4.03. The number of aliphatic hydroxyl groups is 1. The Balaban J connectivity index is 1.57. The van der Waals surface area contributed by atoms with E-state index < -0.39 is 6.09 Å². The van der Waals surface area contributed by atoms with Gasteiger partial charge in [0.1, 0.15) is 6.61 Å². The maximum Gasteiger partial charge on any atom is 0.410 e. The number of rotatable bonds is 8. The number of amides is 1. The number of ether oxygens (including phenoxy) is 1. The lowest BCUT2D eigenvalue weighted by Crippen LogP contribution is -2.42. The summed E-state index contributed by atoms with van der Waals surface area (Å²) in [6.45, 7) is 1.46. The summed E-state index contributed by atoms with van der Waals surface area (Å²) in [4.78, 5) is 32.5. The van der Waals surface area contributed by atoms with E-state index >= 15 is 0 Å². The molecule has 8 nitrogen and oxygen atoms in total. The molecule has 178 valence electrons. The van der Waals surface area contributed by atoms with Crippen LogP contribution in [0.15, 0.2) is 59.4 Å². The third-order valence-corrected chi connectivity index (χ3v) is 6.05. The Morgan fingerprint density at radius 3 is 2.68 bits per heavy atom. The van der Waals surface area contributed by atoms with Crippen molar-refractivity contribution in [3.63, 3.8) is 0 Å². The first-order valence-corrected chi connectivity index (χ1v) is 11.6. The van der Waals surface area contributed by atoms with E-state index in [0.29, 0.717) is 48.2 Å². The van der Waals surface area contributed by atoms with Crippen LogP contribution >= 0.6 is 11.6 Å². The monoisotopic (exact) mass is 482 g/mol. The molecule has 2 aromatic carbocycles. The number of anilines is 1. The Bertz CT molecular complexity index is 1200. The minimum Gasteiger partial charge on any atom is -0.445 e. The predicted octanol–water partition coefficient (Wildman–Crippen LogP) is 3.43.